The van der Waals surface area contributed by atoms with Crippen molar-refractivity contribution >= 4 is 23.0 Å². The number of aliphatic hydroxyl groups excluding tert-OH is 1. The van der Waals surface area contributed by atoms with Crippen molar-refractivity contribution in [1.82, 2.24) is 0 Å². The molecule has 1 unspecified atom stereocenters. The smallest absolute Gasteiger partial charge is 0.0992 e. The van der Waals surface area contributed by atoms with E-state index in [1.807, 2.05) is 48.3 Å². The minimum absolute atomic E-state index is 0.529. The van der Waals surface area contributed by atoms with Crippen LogP contribution in [0.1, 0.15) is 24.2 Å². The zero-order valence-electron chi connectivity index (χ0n) is 11.3. The molecule has 0 saturated heterocycles. The molecule has 20 heavy (non-hydrogen) atoms. The Morgan fingerprint density at radius 3 is 2.50 bits per heavy atom. The van der Waals surface area contributed by atoms with Crippen LogP contribution in [0.3, 0.4) is 0 Å². The Hall–Kier alpha value is -2.02. The third kappa shape index (κ3) is 2.93. The van der Waals surface area contributed by atoms with Crippen LogP contribution in [-0.4, -0.2) is 12.2 Å². The molecule has 1 N–H and O–H groups in total. The second kappa shape index (κ2) is 5.96. The fraction of sp³-hybridized carbons (Fsp3) is 0.188. The van der Waals surface area contributed by atoms with Gasteiger partial charge in [0.05, 0.1) is 17.7 Å². The van der Waals surface area contributed by atoms with Crippen LogP contribution in [-0.2, 0) is 0 Å². The number of rotatable bonds is 3. The molecule has 0 aliphatic heterocycles. The Bertz CT molecular complexity index is 662. The van der Waals surface area contributed by atoms with Gasteiger partial charge in [0.25, 0.3) is 0 Å². The molecular weight excluding hydrogens is 272 g/mol. The molecule has 0 aliphatic carbocycles. The fourth-order valence-electron chi connectivity index (χ4n) is 2.00. The van der Waals surface area contributed by atoms with E-state index >= 15 is 0 Å². The summed E-state index contributed by atoms with van der Waals surface area (Å²) in [5, 5.41) is 19.1. The summed E-state index contributed by atoms with van der Waals surface area (Å²) in [5.41, 5.74) is 3.12. The number of nitriles is 1. The maximum atomic E-state index is 9.59. The fourth-order valence-corrected chi connectivity index (χ4v) is 2.33. The molecule has 0 fully saturated rings. The van der Waals surface area contributed by atoms with Crippen LogP contribution >= 0.6 is 11.6 Å². The van der Waals surface area contributed by atoms with E-state index in [1.165, 1.54) is 0 Å². The van der Waals surface area contributed by atoms with Crippen LogP contribution < -0.4 is 4.90 Å². The van der Waals surface area contributed by atoms with Crippen LogP contribution in [0, 0.1) is 11.3 Å². The van der Waals surface area contributed by atoms with Gasteiger partial charge in [-0.05, 0) is 42.8 Å². The summed E-state index contributed by atoms with van der Waals surface area (Å²) in [6.07, 6.45) is -0.594. The van der Waals surface area contributed by atoms with E-state index in [9.17, 15) is 5.11 Å². The molecule has 0 amide bonds. The molecule has 102 valence electrons. The molecule has 2 aromatic rings. The predicted molar refractivity (Wildman–Crippen MR) is 81.3 cm³/mol. The van der Waals surface area contributed by atoms with Gasteiger partial charge in [-0.25, -0.2) is 0 Å². The van der Waals surface area contributed by atoms with E-state index in [4.69, 9.17) is 16.9 Å². The van der Waals surface area contributed by atoms with Gasteiger partial charge in [0.1, 0.15) is 0 Å². The van der Waals surface area contributed by atoms with Crippen LogP contribution in [0.2, 0.25) is 5.02 Å². The van der Waals surface area contributed by atoms with Crippen LogP contribution in [0.25, 0.3) is 0 Å². The second-order valence-corrected chi connectivity index (χ2v) is 5.01. The topological polar surface area (TPSA) is 47.3 Å². The van der Waals surface area contributed by atoms with E-state index in [1.54, 1.807) is 13.0 Å². The Morgan fingerprint density at radius 1 is 1.20 bits per heavy atom. The van der Waals surface area contributed by atoms with Gasteiger partial charge in [-0.15, -0.1) is 0 Å². The third-order valence-corrected chi connectivity index (χ3v) is 3.51. The zero-order valence-corrected chi connectivity index (χ0v) is 12.1. The number of halogens is 1. The van der Waals surface area contributed by atoms with E-state index in [0.717, 1.165) is 11.4 Å². The lowest BCUT2D eigenvalue weighted by molar-refractivity contribution is 0.199. The third-order valence-electron chi connectivity index (χ3n) is 3.18. The molecule has 0 spiro atoms. The lowest BCUT2D eigenvalue weighted by Gasteiger charge is -2.21. The van der Waals surface area contributed by atoms with Gasteiger partial charge in [0.2, 0.25) is 0 Å². The number of hydrogen-bond acceptors (Lipinski definition) is 3. The standard InChI is InChI=1S/C16H15ClN2O/c1-11(20)15-7-6-14(9-16(15)17)19(2)13-5-3-4-12(8-13)10-18/h3-9,11,20H,1-2H3. The molecule has 0 aromatic heterocycles. The van der Waals surface area contributed by atoms with E-state index in [0.29, 0.717) is 16.1 Å². The second-order valence-electron chi connectivity index (χ2n) is 4.60. The molecule has 0 aliphatic rings. The average Bonchev–Trinajstić information content (AvgIpc) is 2.46. The predicted octanol–water partition coefficient (Wildman–Crippen LogP) is 4.03. The zero-order chi connectivity index (χ0) is 14.7. The summed E-state index contributed by atoms with van der Waals surface area (Å²) in [7, 11) is 1.91. The first-order chi connectivity index (χ1) is 9.52. The van der Waals surface area contributed by atoms with Gasteiger partial charge >= 0.3 is 0 Å². The maximum absolute atomic E-state index is 9.59. The SMILES string of the molecule is CC(O)c1ccc(N(C)c2cccc(C#N)c2)cc1Cl. The minimum atomic E-state index is -0.594. The minimum Gasteiger partial charge on any atom is -0.389 e. The molecule has 3 nitrogen and oxygen atoms in total. The van der Waals surface area contributed by atoms with Crippen LogP contribution in [0.5, 0.6) is 0 Å². The van der Waals surface area contributed by atoms with Gasteiger partial charge in [-0.1, -0.05) is 23.7 Å². The quantitative estimate of drug-likeness (QED) is 0.926. The van der Waals surface area contributed by atoms with E-state index in [-0.39, 0.29) is 0 Å². The number of benzene rings is 2. The largest absolute Gasteiger partial charge is 0.389 e. The highest BCUT2D eigenvalue weighted by atomic mass is 35.5. The lowest BCUT2D eigenvalue weighted by Crippen LogP contribution is -2.09. The highest BCUT2D eigenvalue weighted by molar-refractivity contribution is 6.31. The monoisotopic (exact) mass is 286 g/mol. The highest BCUT2D eigenvalue weighted by Gasteiger charge is 2.10. The average molecular weight is 287 g/mol. The van der Waals surface area contributed by atoms with Gasteiger partial charge in [-0.2, -0.15) is 5.26 Å². The summed E-state index contributed by atoms with van der Waals surface area (Å²) in [6, 6.07) is 15.0. The Morgan fingerprint density at radius 2 is 1.90 bits per heavy atom. The Balaban J connectivity index is 2.36. The van der Waals surface area contributed by atoms with Crippen molar-refractivity contribution < 1.29 is 5.11 Å². The van der Waals surface area contributed by atoms with Crippen molar-refractivity contribution in [2.24, 2.45) is 0 Å². The first-order valence-electron chi connectivity index (χ1n) is 6.24. The van der Waals surface area contributed by atoms with Crippen molar-refractivity contribution in [2.45, 2.75) is 13.0 Å². The molecular formula is C16H15ClN2O. The van der Waals surface area contributed by atoms with Crippen LogP contribution in [0.15, 0.2) is 42.5 Å². The summed E-state index contributed by atoms with van der Waals surface area (Å²) in [5.74, 6) is 0. The van der Waals surface area contributed by atoms with Crippen molar-refractivity contribution in [1.29, 1.82) is 5.26 Å². The molecule has 0 bridgehead atoms. The number of anilines is 2. The van der Waals surface area contributed by atoms with Crippen molar-refractivity contribution in [3.63, 3.8) is 0 Å². The molecule has 2 rings (SSSR count). The summed E-state index contributed by atoms with van der Waals surface area (Å²) >= 11 is 6.18. The molecule has 0 heterocycles. The van der Waals surface area contributed by atoms with E-state index < -0.39 is 6.10 Å². The molecule has 2 aromatic carbocycles. The van der Waals surface area contributed by atoms with Gasteiger partial charge in [0.15, 0.2) is 0 Å². The van der Waals surface area contributed by atoms with Gasteiger partial charge in [0, 0.05) is 23.4 Å². The molecule has 0 radical (unpaired) electrons. The molecule has 4 heteroatoms. The molecule has 0 saturated carbocycles. The van der Waals surface area contributed by atoms with Crippen molar-refractivity contribution in [2.75, 3.05) is 11.9 Å². The van der Waals surface area contributed by atoms with Gasteiger partial charge in [-0.3, -0.25) is 0 Å². The first-order valence-corrected chi connectivity index (χ1v) is 6.62. The Labute approximate surface area is 123 Å². The first kappa shape index (κ1) is 14.4. The summed E-state index contributed by atoms with van der Waals surface area (Å²) in [4.78, 5) is 1.94. The molecule has 1 atom stereocenters. The number of aliphatic hydroxyl groups is 1. The maximum Gasteiger partial charge on any atom is 0.0992 e. The van der Waals surface area contributed by atoms with Gasteiger partial charge < -0.3 is 10.0 Å². The van der Waals surface area contributed by atoms with E-state index in [2.05, 4.69) is 6.07 Å². The number of hydrogen-bond donors (Lipinski definition) is 1. The highest BCUT2D eigenvalue weighted by Crippen LogP contribution is 2.30. The lowest BCUT2D eigenvalue weighted by atomic mass is 10.1. The Kier molecular flexibility index (Phi) is 4.29. The van der Waals surface area contributed by atoms with Crippen molar-refractivity contribution in [3.05, 3.63) is 58.6 Å². The van der Waals surface area contributed by atoms with Crippen molar-refractivity contribution in [3.8, 4) is 6.07 Å². The summed E-state index contributed by atoms with van der Waals surface area (Å²) < 4.78 is 0. The van der Waals surface area contributed by atoms with Crippen LogP contribution in [0.4, 0.5) is 11.4 Å². The summed E-state index contributed by atoms with van der Waals surface area (Å²) in [6.45, 7) is 1.68. The number of nitrogens with zero attached hydrogens (tertiary/aromatic N) is 2. The normalized spacial score (nSPS) is 11.8.